The first kappa shape index (κ1) is 19.7. The Kier molecular flexibility index (Phi) is 8.15. The van der Waals surface area contributed by atoms with Crippen LogP contribution in [-0.2, 0) is 37.5 Å². The second-order valence-corrected chi connectivity index (χ2v) is 5.60. The van der Waals surface area contributed by atoms with Crippen molar-refractivity contribution in [2.24, 2.45) is 0 Å². The van der Waals surface area contributed by atoms with Crippen molar-refractivity contribution >= 4 is 27.5 Å². The molecule has 1 heterocycles. The molecule has 1 amide bonds. The van der Waals surface area contributed by atoms with E-state index >= 15 is 0 Å². The van der Waals surface area contributed by atoms with E-state index in [1.54, 1.807) is 24.3 Å². The Labute approximate surface area is 162 Å². The molecule has 0 spiro atoms. The first-order chi connectivity index (χ1) is 10.0. The van der Waals surface area contributed by atoms with Crippen molar-refractivity contribution in [1.82, 2.24) is 4.90 Å². The van der Waals surface area contributed by atoms with Crippen LogP contribution in [0.3, 0.4) is 0 Å². The minimum Gasteiger partial charge on any atom is -0.494 e. The van der Waals surface area contributed by atoms with Crippen molar-refractivity contribution in [2.75, 3.05) is 13.2 Å². The van der Waals surface area contributed by atoms with Crippen molar-refractivity contribution in [1.29, 1.82) is 0 Å². The molecule has 1 aliphatic rings. The van der Waals surface area contributed by atoms with Crippen LogP contribution in [0.5, 0.6) is 5.75 Å². The molecular weight excluding hydrogens is 433 g/mol. The topological polar surface area (TPSA) is 29.5 Å². The number of hydrogen-bond donors (Lipinski definition) is 0. The van der Waals surface area contributed by atoms with Gasteiger partial charge in [0.1, 0.15) is 5.75 Å². The Morgan fingerprint density at radius 1 is 1.41 bits per heavy atom. The maximum Gasteiger partial charge on any atom is 0.256 e. The zero-order valence-corrected chi connectivity index (χ0v) is 16.5. The van der Waals surface area contributed by atoms with Crippen LogP contribution in [0.1, 0.15) is 18.9 Å². The molecule has 0 bridgehead atoms. The molecule has 1 unspecified atom stereocenters. The third-order valence-corrected chi connectivity index (χ3v) is 3.73. The molecule has 1 radical (unpaired) electrons. The minimum atomic E-state index is -2.59. The largest absolute Gasteiger partial charge is 0.494 e. The van der Waals surface area contributed by atoms with Gasteiger partial charge in [0, 0.05) is 32.7 Å². The third-order valence-electron chi connectivity index (χ3n) is 3.01. The molecule has 7 heteroatoms. The van der Waals surface area contributed by atoms with Gasteiger partial charge in [-0.3, -0.25) is 4.79 Å². The van der Waals surface area contributed by atoms with E-state index in [4.69, 9.17) is 4.74 Å². The van der Waals surface area contributed by atoms with Crippen LogP contribution in [0.4, 0.5) is 8.78 Å². The van der Waals surface area contributed by atoms with Crippen LogP contribution in [0.25, 0.3) is 5.70 Å². The smallest absolute Gasteiger partial charge is 0.256 e. The molecule has 3 nitrogen and oxygen atoms in total. The molecule has 2 rings (SSSR count). The summed E-state index contributed by atoms with van der Waals surface area (Å²) in [5.41, 5.74) is 1.07. The Bertz CT molecular complexity index is 537. The number of carbonyl (C=O) groups is 1. The predicted octanol–water partition coefficient (Wildman–Crippen LogP) is 3.49. The number of nitrogens with zero attached hydrogens (tertiary/aromatic N) is 1. The number of halogens is 3. The fourth-order valence-electron chi connectivity index (χ4n) is 2.10. The van der Waals surface area contributed by atoms with E-state index in [0.29, 0.717) is 30.0 Å². The summed E-state index contributed by atoms with van der Waals surface area (Å²) in [5, 5.41) is 0. The zero-order valence-electron chi connectivity index (χ0n) is 12.1. The van der Waals surface area contributed by atoms with E-state index in [1.807, 2.05) is 6.92 Å². The molecule has 22 heavy (non-hydrogen) atoms. The molecular formula is C15H15BrF2NO2Y-. The van der Waals surface area contributed by atoms with E-state index in [9.17, 15) is 13.6 Å². The number of alkyl halides is 3. The van der Waals surface area contributed by atoms with Crippen LogP contribution >= 0.6 is 15.9 Å². The first-order valence-corrected chi connectivity index (χ1v) is 7.52. The number of amides is 1. The average Bonchev–Trinajstić information content (AvgIpc) is 2.45. The molecule has 0 aliphatic carbocycles. The van der Waals surface area contributed by atoms with Gasteiger partial charge in [-0.05, 0) is 19.1 Å². The van der Waals surface area contributed by atoms with Crippen LogP contribution in [-0.4, -0.2) is 35.2 Å². The van der Waals surface area contributed by atoms with Crippen molar-refractivity contribution in [2.45, 2.75) is 24.6 Å². The molecule has 0 aromatic heterocycles. The van der Waals surface area contributed by atoms with E-state index in [2.05, 4.69) is 22.0 Å². The molecule has 0 saturated carbocycles. The van der Waals surface area contributed by atoms with Gasteiger partial charge in [-0.15, -0.1) is 17.8 Å². The van der Waals surface area contributed by atoms with Gasteiger partial charge in [0.15, 0.2) is 0 Å². The number of carbonyl (C=O) groups excluding carboxylic acids is 1. The summed E-state index contributed by atoms with van der Waals surface area (Å²) < 4.78 is 30.7. The van der Waals surface area contributed by atoms with Gasteiger partial charge < -0.3 is 9.64 Å². The minimum absolute atomic E-state index is 0. The predicted molar refractivity (Wildman–Crippen MR) is 79.3 cm³/mol. The molecule has 0 N–H and O–H groups in total. The van der Waals surface area contributed by atoms with E-state index in [-0.39, 0.29) is 38.6 Å². The summed E-state index contributed by atoms with van der Waals surface area (Å²) >= 11 is 3.18. The van der Waals surface area contributed by atoms with Crippen LogP contribution < -0.4 is 4.74 Å². The second kappa shape index (κ2) is 9.09. The summed E-state index contributed by atoms with van der Waals surface area (Å²) in [4.78, 5) is 12.7. The Balaban J connectivity index is 0.00000242. The van der Waals surface area contributed by atoms with Crippen LogP contribution in [0.15, 0.2) is 24.3 Å². The van der Waals surface area contributed by atoms with Gasteiger partial charge in [-0.1, -0.05) is 22.4 Å². The second-order valence-electron chi connectivity index (χ2n) is 4.49. The van der Waals surface area contributed by atoms with E-state index < -0.39 is 17.8 Å². The molecule has 1 aliphatic heterocycles. The normalized spacial score (nSPS) is 18.0. The molecule has 1 atom stereocenters. The maximum absolute atomic E-state index is 12.7. The van der Waals surface area contributed by atoms with Crippen molar-refractivity contribution < 1.29 is 51.0 Å². The third kappa shape index (κ3) is 4.83. The molecule has 0 fully saturated rings. The van der Waals surface area contributed by atoms with Gasteiger partial charge in [-0.25, -0.2) is 14.9 Å². The standard InChI is InChI=1S/C15H15BrF2NO2.Y/c1-2-21-11-5-3-10(4-6-11)13-8-7-12(16)15(20)19(13)9-14(17)18;/h3-6,12,14H,2,7,9H2,1H3;/q-1;. The Morgan fingerprint density at radius 3 is 2.59 bits per heavy atom. The summed E-state index contributed by atoms with van der Waals surface area (Å²) in [6.07, 6.45) is 0.794. The fraction of sp³-hybridized carbons (Fsp3) is 0.400. The van der Waals surface area contributed by atoms with Gasteiger partial charge in [-0.2, -0.15) is 5.56 Å². The molecule has 117 valence electrons. The molecule has 0 saturated heterocycles. The van der Waals surface area contributed by atoms with Crippen LogP contribution in [0.2, 0.25) is 0 Å². The van der Waals surface area contributed by atoms with Gasteiger partial charge in [0.05, 0.1) is 18.0 Å². The number of hydrogen-bond acceptors (Lipinski definition) is 2. The number of allylic oxidation sites excluding steroid dienone is 1. The summed E-state index contributed by atoms with van der Waals surface area (Å²) in [6.45, 7) is 1.80. The number of ether oxygens (including phenoxy) is 1. The van der Waals surface area contributed by atoms with E-state index in [0.717, 1.165) is 4.90 Å². The van der Waals surface area contributed by atoms with E-state index in [1.165, 1.54) is 0 Å². The van der Waals surface area contributed by atoms with Crippen molar-refractivity contribution in [3.63, 3.8) is 0 Å². The van der Waals surface area contributed by atoms with Crippen molar-refractivity contribution in [3.8, 4) is 5.75 Å². The first-order valence-electron chi connectivity index (χ1n) is 6.60. The summed E-state index contributed by atoms with van der Waals surface area (Å²) in [5.74, 6) is 0.334. The summed E-state index contributed by atoms with van der Waals surface area (Å²) in [6, 6.07) is 6.98. The summed E-state index contributed by atoms with van der Waals surface area (Å²) in [7, 11) is 0. The Hall–Kier alpha value is -0.326. The SMILES string of the molecule is CCOc1ccc(C2=[C-]CC(Br)C(=O)N2CC(F)F)cc1.[Y]. The average molecular weight is 448 g/mol. The van der Waals surface area contributed by atoms with Crippen LogP contribution in [0, 0.1) is 6.08 Å². The Morgan fingerprint density at radius 2 is 2.05 bits per heavy atom. The van der Waals surface area contributed by atoms with Gasteiger partial charge in [0.2, 0.25) is 5.91 Å². The number of benzene rings is 1. The monoisotopic (exact) mass is 447 g/mol. The maximum atomic E-state index is 12.7. The zero-order chi connectivity index (χ0) is 15.4. The molecule has 1 aromatic rings. The fourth-order valence-corrected chi connectivity index (χ4v) is 2.51. The quantitative estimate of drug-likeness (QED) is 0.510. The molecule has 1 aromatic carbocycles. The van der Waals surface area contributed by atoms with Gasteiger partial charge >= 0.3 is 0 Å². The van der Waals surface area contributed by atoms with Gasteiger partial charge in [0.25, 0.3) is 6.43 Å². The van der Waals surface area contributed by atoms with Crippen molar-refractivity contribution in [3.05, 3.63) is 35.9 Å². The number of rotatable bonds is 5.